The molecule has 0 bridgehead atoms. The van der Waals surface area contributed by atoms with Crippen LogP contribution in [0, 0.1) is 5.92 Å². The molecule has 114 valence electrons. The number of benzene rings is 2. The minimum Gasteiger partial charge on any atom is -0.493 e. The van der Waals surface area contributed by atoms with E-state index in [1.807, 2.05) is 6.92 Å². The van der Waals surface area contributed by atoms with Crippen LogP contribution in [0.1, 0.15) is 39.2 Å². The summed E-state index contributed by atoms with van der Waals surface area (Å²) in [4.78, 5) is 0. The normalized spacial score (nSPS) is 14.1. The number of ether oxygens (including phenoxy) is 1. The van der Waals surface area contributed by atoms with Crippen molar-refractivity contribution in [1.82, 2.24) is 0 Å². The third-order valence-electron chi connectivity index (χ3n) is 3.83. The van der Waals surface area contributed by atoms with Crippen LogP contribution in [0.5, 0.6) is 5.75 Å². The van der Waals surface area contributed by atoms with Crippen molar-refractivity contribution in [1.29, 1.82) is 0 Å². The van der Waals surface area contributed by atoms with Gasteiger partial charge in [-0.1, -0.05) is 50.6 Å². The molecule has 2 unspecified atom stereocenters. The quantitative estimate of drug-likeness (QED) is 0.810. The van der Waals surface area contributed by atoms with Crippen LogP contribution in [-0.2, 0) is 6.42 Å². The number of hydrogen-bond donors (Lipinski definition) is 1. The highest BCUT2D eigenvalue weighted by molar-refractivity contribution is 5.87. The van der Waals surface area contributed by atoms with E-state index in [0.29, 0.717) is 5.92 Å². The Hall–Kier alpha value is -1.54. The van der Waals surface area contributed by atoms with Crippen LogP contribution in [0.2, 0.25) is 0 Å². The standard InChI is InChI=1S/C19H27NO/c1-4-7-14(2)13-21-19-11-10-16-8-5-6-9-17(16)18(19)12-15(3)20/h5-6,8-11,14-15H,4,7,12-13,20H2,1-3H3. The van der Waals surface area contributed by atoms with Crippen LogP contribution in [0.4, 0.5) is 0 Å². The lowest BCUT2D eigenvalue weighted by Gasteiger charge is -2.18. The molecule has 0 spiro atoms. The van der Waals surface area contributed by atoms with Gasteiger partial charge in [-0.2, -0.15) is 0 Å². The monoisotopic (exact) mass is 285 g/mol. The molecule has 0 saturated carbocycles. The van der Waals surface area contributed by atoms with Crippen LogP contribution in [0.15, 0.2) is 36.4 Å². The lowest BCUT2D eigenvalue weighted by molar-refractivity contribution is 0.249. The molecule has 2 aromatic carbocycles. The summed E-state index contributed by atoms with van der Waals surface area (Å²) < 4.78 is 6.10. The fourth-order valence-electron chi connectivity index (χ4n) is 2.79. The van der Waals surface area contributed by atoms with E-state index in [-0.39, 0.29) is 6.04 Å². The Balaban J connectivity index is 2.29. The first-order valence-electron chi connectivity index (χ1n) is 8.00. The molecule has 0 aliphatic heterocycles. The van der Waals surface area contributed by atoms with Gasteiger partial charge in [0, 0.05) is 11.6 Å². The fourth-order valence-corrected chi connectivity index (χ4v) is 2.79. The van der Waals surface area contributed by atoms with E-state index in [1.54, 1.807) is 0 Å². The Morgan fingerprint density at radius 2 is 1.86 bits per heavy atom. The van der Waals surface area contributed by atoms with Crippen LogP contribution < -0.4 is 10.5 Å². The van der Waals surface area contributed by atoms with Gasteiger partial charge in [0.25, 0.3) is 0 Å². The molecule has 0 aromatic heterocycles. The molecule has 0 aliphatic rings. The Morgan fingerprint density at radius 1 is 1.10 bits per heavy atom. The molecule has 0 heterocycles. The van der Waals surface area contributed by atoms with Gasteiger partial charge < -0.3 is 10.5 Å². The fraction of sp³-hybridized carbons (Fsp3) is 0.474. The number of fused-ring (bicyclic) bond motifs is 1. The van der Waals surface area contributed by atoms with E-state index in [9.17, 15) is 0 Å². The van der Waals surface area contributed by atoms with Crippen molar-refractivity contribution in [3.63, 3.8) is 0 Å². The predicted octanol–water partition coefficient (Wildman–Crippen LogP) is 4.54. The predicted molar refractivity (Wildman–Crippen MR) is 90.9 cm³/mol. The number of hydrogen-bond acceptors (Lipinski definition) is 2. The van der Waals surface area contributed by atoms with Gasteiger partial charge in [-0.25, -0.2) is 0 Å². The Bertz CT molecular complexity index is 577. The van der Waals surface area contributed by atoms with E-state index in [1.165, 1.54) is 29.2 Å². The average Bonchev–Trinajstić information content (AvgIpc) is 2.46. The SMILES string of the molecule is CCCC(C)COc1ccc2ccccc2c1CC(C)N. The van der Waals surface area contributed by atoms with Crippen molar-refractivity contribution in [2.75, 3.05) is 6.61 Å². The smallest absolute Gasteiger partial charge is 0.123 e. The molecule has 2 atom stereocenters. The van der Waals surface area contributed by atoms with E-state index >= 15 is 0 Å². The Morgan fingerprint density at radius 3 is 2.57 bits per heavy atom. The average molecular weight is 285 g/mol. The summed E-state index contributed by atoms with van der Waals surface area (Å²) in [6.45, 7) is 7.28. The summed E-state index contributed by atoms with van der Waals surface area (Å²) in [6, 6.07) is 12.8. The van der Waals surface area contributed by atoms with Gasteiger partial charge in [-0.05, 0) is 42.5 Å². The molecule has 0 radical (unpaired) electrons. The van der Waals surface area contributed by atoms with Crippen molar-refractivity contribution in [2.45, 2.75) is 46.1 Å². The first-order valence-corrected chi connectivity index (χ1v) is 8.00. The van der Waals surface area contributed by atoms with Gasteiger partial charge in [0.1, 0.15) is 5.75 Å². The van der Waals surface area contributed by atoms with Crippen molar-refractivity contribution in [3.05, 3.63) is 42.0 Å². The number of rotatable bonds is 7. The van der Waals surface area contributed by atoms with E-state index in [0.717, 1.165) is 18.8 Å². The molecule has 2 N–H and O–H groups in total. The maximum absolute atomic E-state index is 6.10. The summed E-state index contributed by atoms with van der Waals surface area (Å²) in [5.41, 5.74) is 7.27. The topological polar surface area (TPSA) is 35.2 Å². The van der Waals surface area contributed by atoms with Crippen LogP contribution in [0.25, 0.3) is 10.8 Å². The van der Waals surface area contributed by atoms with E-state index < -0.39 is 0 Å². The first kappa shape index (κ1) is 15.8. The molecule has 0 saturated heterocycles. The molecule has 0 aliphatic carbocycles. The molecule has 0 fully saturated rings. The largest absolute Gasteiger partial charge is 0.493 e. The van der Waals surface area contributed by atoms with Crippen molar-refractivity contribution in [2.24, 2.45) is 11.7 Å². The molecule has 2 nitrogen and oxygen atoms in total. The maximum atomic E-state index is 6.10. The maximum Gasteiger partial charge on any atom is 0.123 e. The van der Waals surface area contributed by atoms with Crippen LogP contribution in [0.3, 0.4) is 0 Å². The van der Waals surface area contributed by atoms with Crippen molar-refractivity contribution in [3.8, 4) is 5.75 Å². The highest BCUT2D eigenvalue weighted by Gasteiger charge is 2.12. The second kappa shape index (κ2) is 7.46. The minimum atomic E-state index is 0.131. The van der Waals surface area contributed by atoms with E-state index in [2.05, 4.69) is 50.2 Å². The zero-order valence-electron chi connectivity index (χ0n) is 13.4. The van der Waals surface area contributed by atoms with Crippen LogP contribution >= 0.6 is 0 Å². The lowest BCUT2D eigenvalue weighted by Crippen LogP contribution is -2.19. The summed E-state index contributed by atoms with van der Waals surface area (Å²) >= 11 is 0. The molecule has 2 rings (SSSR count). The van der Waals surface area contributed by atoms with Crippen molar-refractivity contribution >= 4 is 10.8 Å². The highest BCUT2D eigenvalue weighted by Crippen LogP contribution is 2.29. The Kier molecular flexibility index (Phi) is 5.63. The highest BCUT2D eigenvalue weighted by atomic mass is 16.5. The summed E-state index contributed by atoms with van der Waals surface area (Å²) in [5, 5.41) is 2.51. The molecule has 21 heavy (non-hydrogen) atoms. The van der Waals surface area contributed by atoms with Gasteiger partial charge in [0.15, 0.2) is 0 Å². The van der Waals surface area contributed by atoms with E-state index in [4.69, 9.17) is 10.5 Å². The summed E-state index contributed by atoms with van der Waals surface area (Å²) in [5.74, 6) is 1.58. The zero-order valence-corrected chi connectivity index (χ0v) is 13.4. The van der Waals surface area contributed by atoms with Gasteiger partial charge >= 0.3 is 0 Å². The number of nitrogens with two attached hydrogens (primary N) is 1. The van der Waals surface area contributed by atoms with Gasteiger partial charge in [-0.15, -0.1) is 0 Å². The Labute approximate surface area is 128 Å². The van der Waals surface area contributed by atoms with Crippen LogP contribution in [-0.4, -0.2) is 12.6 Å². The van der Waals surface area contributed by atoms with Gasteiger partial charge in [0.05, 0.1) is 6.61 Å². The molecular weight excluding hydrogens is 258 g/mol. The second-order valence-electron chi connectivity index (χ2n) is 6.15. The zero-order chi connectivity index (χ0) is 15.2. The molecule has 2 aromatic rings. The third kappa shape index (κ3) is 4.21. The molecule has 2 heteroatoms. The van der Waals surface area contributed by atoms with Crippen molar-refractivity contribution < 1.29 is 4.74 Å². The third-order valence-corrected chi connectivity index (χ3v) is 3.83. The van der Waals surface area contributed by atoms with Gasteiger partial charge in [-0.3, -0.25) is 0 Å². The summed E-state index contributed by atoms with van der Waals surface area (Å²) in [6.07, 6.45) is 3.25. The summed E-state index contributed by atoms with van der Waals surface area (Å²) in [7, 11) is 0. The lowest BCUT2D eigenvalue weighted by atomic mass is 9.98. The van der Waals surface area contributed by atoms with Gasteiger partial charge in [0.2, 0.25) is 0 Å². The first-order chi connectivity index (χ1) is 10.1. The molecular formula is C19H27NO. The second-order valence-corrected chi connectivity index (χ2v) is 6.15. The molecule has 0 amide bonds. The minimum absolute atomic E-state index is 0.131.